The van der Waals surface area contributed by atoms with Crippen molar-refractivity contribution in [2.24, 2.45) is 0 Å². The van der Waals surface area contributed by atoms with Crippen LogP contribution in [0.5, 0.6) is 0 Å². The molecule has 0 amide bonds. The highest BCUT2D eigenvalue weighted by molar-refractivity contribution is 14.1. The van der Waals surface area contributed by atoms with E-state index in [4.69, 9.17) is 5.11 Å². The van der Waals surface area contributed by atoms with Crippen molar-refractivity contribution in [3.05, 3.63) is 12.2 Å². The lowest BCUT2D eigenvalue weighted by atomic mass is 10.3. The third kappa shape index (κ3) is 8.43. The summed E-state index contributed by atoms with van der Waals surface area (Å²) in [5.41, 5.74) is 0. The average molecular weight is 240 g/mol. The number of unbranched alkanes of at least 4 members (excludes halogenated alkanes) is 1. The molecule has 0 bridgehead atoms. The summed E-state index contributed by atoms with van der Waals surface area (Å²) in [5.74, 6) is 0. The van der Waals surface area contributed by atoms with Gasteiger partial charge in [0.2, 0.25) is 0 Å². The predicted octanol–water partition coefficient (Wildman–Crippen LogP) is 2.14. The lowest BCUT2D eigenvalue weighted by molar-refractivity contribution is 0.289. The fourth-order valence-electron chi connectivity index (χ4n) is 0.508. The Labute approximate surface area is 70.3 Å². The van der Waals surface area contributed by atoms with E-state index in [1.165, 1.54) is 4.43 Å². The quantitative estimate of drug-likeness (QED) is 0.338. The predicted molar refractivity (Wildman–Crippen MR) is 49.0 cm³/mol. The topological polar surface area (TPSA) is 20.2 Å². The molecule has 0 radical (unpaired) electrons. The van der Waals surface area contributed by atoms with Gasteiger partial charge in [-0.25, -0.2) is 0 Å². The standard InChI is InChI=1S/C7H13IO/c8-6-4-2-1-3-5-7-9/h1-2,9H,3-7H2/b2-1-. The van der Waals surface area contributed by atoms with E-state index < -0.39 is 0 Å². The van der Waals surface area contributed by atoms with Crippen LogP contribution in [0.1, 0.15) is 19.3 Å². The van der Waals surface area contributed by atoms with Gasteiger partial charge >= 0.3 is 0 Å². The summed E-state index contributed by atoms with van der Waals surface area (Å²) >= 11 is 2.35. The van der Waals surface area contributed by atoms with Crippen LogP contribution in [0.2, 0.25) is 0 Å². The first-order valence-corrected chi connectivity index (χ1v) is 4.76. The number of aliphatic hydroxyl groups is 1. The Kier molecular flexibility index (Phi) is 8.83. The summed E-state index contributed by atoms with van der Waals surface area (Å²) in [6.07, 6.45) is 7.38. The molecule has 0 aromatic heterocycles. The normalized spacial score (nSPS) is 10.9. The van der Waals surface area contributed by atoms with Crippen molar-refractivity contribution < 1.29 is 5.11 Å². The third-order valence-corrected chi connectivity index (χ3v) is 1.59. The molecule has 0 saturated heterocycles. The zero-order chi connectivity index (χ0) is 6.95. The van der Waals surface area contributed by atoms with Crippen LogP contribution in [0.4, 0.5) is 0 Å². The summed E-state index contributed by atoms with van der Waals surface area (Å²) in [5, 5.41) is 8.39. The van der Waals surface area contributed by atoms with Crippen LogP contribution < -0.4 is 0 Å². The lowest BCUT2D eigenvalue weighted by Crippen LogP contribution is -1.78. The van der Waals surface area contributed by atoms with Crippen LogP contribution in [0.3, 0.4) is 0 Å². The van der Waals surface area contributed by atoms with E-state index in [-0.39, 0.29) is 0 Å². The summed E-state index contributed by atoms with van der Waals surface area (Å²) < 4.78 is 1.19. The highest BCUT2D eigenvalue weighted by atomic mass is 127. The van der Waals surface area contributed by atoms with Crippen LogP contribution in [-0.4, -0.2) is 16.1 Å². The monoisotopic (exact) mass is 240 g/mol. The first-order chi connectivity index (χ1) is 4.41. The maximum absolute atomic E-state index is 8.39. The van der Waals surface area contributed by atoms with Crippen molar-refractivity contribution in [2.75, 3.05) is 11.0 Å². The number of halogens is 1. The largest absolute Gasteiger partial charge is 0.396 e. The summed E-state index contributed by atoms with van der Waals surface area (Å²) in [6.45, 7) is 0.314. The van der Waals surface area contributed by atoms with Gasteiger partial charge in [-0.1, -0.05) is 34.7 Å². The molecular formula is C7H13IO. The molecule has 0 fully saturated rings. The first kappa shape index (κ1) is 9.43. The van der Waals surface area contributed by atoms with Crippen molar-refractivity contribution in [2.45, 2.75) is 19.3 Å². The van der Waals surface area contributed by atoms with E-state index in [1.807, 2.05) is 0 Å². The van der Waals surface area contributed by atoms with Crippen molar-refractivity contribution >= 4 is 22.6 Å². The second-order valence-corrected chi connectivity index (χ2v) is 2.89. The minimum absolute atomic E-state index is 0.314. The van der Waals surface area contributed by atoms with Gasteiger partial charge in [0, 0.05) is 11.0 Å². The molecule has 54 valence electrons. The van der Waals surface area contributed by atoms with E-state index in [0.717, 1.165) is 19.3 Å². The average Bonchev–Trinajstić information content (AvgIpc) is 1.89. The molecule has 0 aromatic rings. The van der Waals surface area contributed by atoms with Gasteiger partial charge in [-0.15, -0.1) is 0 Å². The van der Waals surface area contributed by atoms with E-state index in [9.17, 15) is 0 Å². The SMILES string of the molecule is OCCC/C=C\CCI. The number of rotatable bonds is 5. The molecule has 0 unspecified atom stereocenters. The molecule has 1 nitrogen and oxygen atoms in total. The van der Waals surface area contributed by atoms with Crippen LogP contribution in [0, 0.1) is 0 Å². The van der Waals surface area contributed by atoms with E-state index >= 15 is 0 Å². The molecule has 0 atom stereocenters. The van der Waals surface area contributed by atoms with Crippen LogP contribution in [0.15, 0.2) is 12.2 Å². The zero-order valence-electron chi connectivity index (χ0n) is 5.52. The van der Waals surface area contributed by atoms with Gasteiger partial charge in [0.25, 0.3) is 0 Å². The van der Waals surface area contributed by atoms with Crippen molar-refractivity contribution in [1.82, 2.24) is 0 Å². The van der Waals surface area contributed by atoms with Gasteiger partial charge in [-0.05, 0) is 19.3 Å². The summed E-state index contributed by atoms with van der Waals surface area (Å²) in [4.78, 5) is 0. The van der Waals surface area contributed by atoms with Crippen LogP contribution >= 0.6 is 22.6 Å². The Balaban J connectivity index is 2.86. The van der Waals surface area contributed by atoms with E-state index in [1.54, 1.807) is 0 Å². The Morgan fingerprint density at radius 2 is 1.89 bits per heavy atom. The van der Waals surface area contributed by atoms with Crippen LogP contribution in [0.25, 0.3) is 0 Å². The van der Waals surface area contributed by atoms with Crippen molar-refractivity contribution in [1.29, 1.82) is 0 Å². The first-order valence-electron chi connectivity index (χ1n) is 3.23. The molecule has 0 aliphatic rings. The highest BCUT2D eigenvalue weighted by Crippen LogP contribution is 1.93. The van der Waals surface area contributed by atoms with Gasteiger partial charge in [-0.2, -0.15) is 0 Å². The zero-order valence-corrected chi connectivity index (χ0v) is 7.67. The molecule has 0 aliphatic heterocycles. The van der Waals surface area contributed by atoms with Gasteiger partial charge < -0.3 is 5.11 Å². The Bertz CT molecular complexity index is 71.3. The van der Waals surface area contributed by atoms with Gasteiger partial charge in [0.15, 0.2) is 0 Å². The smallest absolute Gasteiger partial charge is 0.0433 e. The third-order valence-electron chi connectivity index (χ3n) is 0.971. The molecule has 2 heteroatoms. The molecule has 0 aliphatic carbocycles. The van der Waals surface area contributed by atoms with E-state index in [2.05, 4.69) is 34.7 Å². The molecule has 0 heterocycles. The van der Waals surface area contributed by atoms with Gasteiger partial charge in [0.05, 0.1) is 0 Å². The van der Waals surface area contributed by atoms with Crippen molar-refractivity contribution in [3.63, 3.8) is 0 Å². The molecule has 9 heavy (non-hydrogen) atoms. The minimum Gasteiger partial charge on any atom is -0.396 e. The fraction of sp³-hybridized carbons (Fsp3) is 0.714. The Morgan fingerprint density at radius 1 is 1.22 bits per heavy atom. The number of aliphatic hydroxyl groups excluding tert-OH is 1. The highest BCUT2D eigenvalue weighted by Gasteiger charge is 1.77. The Morgan fingerprint density at radius 3 is 2.44 bits per heavy atom. The fourth-order valence-corrected chi connectivity index (χ4v) is 0.867. The minimum atomic E-state index is 0.314. The maximum Gasteiger partial charge on any atom is 0.0433 e. The van der Waals surface area contributed by atoms with Gasteiger partial charge in [0.1, 0.15) is 0 Å². The molecule has 0 aromatic carbocycles. The van der Waals surface area contributed by atoms with E-state index in [0.29, 0.717) is 6.61 Å². The molecule has 1 N–H and O–H groups in total. The number of hydrogen-bond donors (Lipinski definition) is 1. The second-order valence-electron chi connectivity index (χ2n) is 1.81. The molecule has 0 saturated carbocycles. The number of alkyl halides is 1. The second kappa shape index (κ2) is 8.43. The van der Waals surface area contributed by atoms with Gasteiger partial charge in [-0.3, -0.25) is 0 Å². The molecule has 0 spiro atoms. The van der Waals surface area contributed by atoms with Crippen molar-refractivity contribution in [3.8, 4) is 0 Å². The molecule has 0 rings (SSSR count). The lowest BCUT2D eigenvalue weighted by Gasteiger charge is -1.86. The maximum atomic E-state index is 8.39. The molecular weight excluding hydrogens is 227 g/mol. The summed E-state index contributed by atoms with van der Waals surface area (Å²) in [6, 6.07) is 0. The Hall–Kier alpha value is 0.430. The summed E-state index contributed by atoms with van der Waals surface area (Å²) in [7, 11) is 0. The van der Waals surface area contributed by atoms with Crippen LogP contribution in [-0.2, 0) is 0 Å². The number of hydrogen-bond acceptors (Lipinski definition) is 1. The number of allylic oxidation sites excluding steroid dienone is 2.